The Labute approximate surface area is 124 Å². The summed E-state index contributed by atoms with van der Waals surface area (Å²) in [7, 11) is 0. The molecule has 0 saturated heterocycles. The minimum atomic E-state index is -1.10. The highest BCUT2D eigenvalue weighted by atomic mass is 32.1. The standard InChI is InChI=1S/C14H13FN2O3S/c1-8(18)12-7-16-14(21-12)17-13(20)6-11(19)9-3-2-4-10(15)5-9/h2-5,7,11,19H,6H2,1H3,(H,16,17,20). The van der Waals surface area contributed by atoms with Crippen LogP contribution in [0.4, 0.5) is 9.52 Å². The molecule has 1 amide bonds. The number of nitrogens with one attached hydrogen (secondary N) is 1. The number of aliphatic hydroxyl groups excluding tert-OH is 1. The van der Waals surface area contributed by atoms with Crippen molar-refractivity contribution in [2.24, 2.45) is 0 Å². The zero-order valence-electron chi connectivity index (χ0n) is 11.2. The Morgan fingerprint density at radius 1 is 1.48 bits per heavy atom. The molecule has 0 bridgehead atoms. The van der Waals surface area contributed by atoms with Gasteiger partial charge in [0.1, 0.15) is 5.82 Å². The van der Waals surface area contributed by atoms with E-state index >= 15 is 0 Å². The number of nitrogens with zero attached hydrogens (tertiary/aromatic N) is 1. The second kappa shape index (κ2) is 6.55. The maximum absolute atomic E-state index is 13.0. The number of aromatic nitrogens is 1. The van der Waals surface area contributed by atoms with Crippen LogP contribution in [0.2, 0.25) is 0 Å². The molecule has 0 fully saturated rings. The van der Waals surface area contributed by atoms with Crippen LogP contribution in [0.25, 0.3) is 0 Å². The van der Waals surface area contributed by atoms with Crippen LogP contribution in [0.15, 0.2) is 30.5 Å². The summed E-state index contributed by atoms with van der Waals surface area (Å²) in [6.07, 6.45) is 0.0530. The van der Waals surface area contributed by atoms with E-state index in [1.165, 1.54) is 37.4 Å². The summed E-state index contributed by atoms with van der Waals surface area (Å²) >= 11 is 1.06. The molecule has 1 aromatic heterocycles. The van der Waals surface area contributed by atoms with E-state index in [-0.39, 0.29) is 17.3 Å². The molecule has 1 heterocycles. The number of hydrogen-bond acceptors (Lipinski definition) is 5. The van der Waals surface area contributed by atoms with Gasteiger partial charge < -0.3 is 10.4 Å². The topological polar surface area (TPSA) is 79.3 Å². The maximum Gasteiger partial charge on any atom is 0.229 e. The zero-order chi connectivity index (χ0) is 15.4. The second-order valence-corrected chi connectivity index (χ2v) is 5.44. The van der Waals surface area contributed by atoms with Gasteiger partial charge in [0.2, 0.25) is 5.91 Å². The van der Waals surface area contributed by atoms with Crippen LogP contribution < -0.4 is 5.32 Å². The summed E-state index contributed by atoms with van der Waals surface area (Å²) in [5, 5.41) is 12.7. The van der Waals surface area contributed by atoms with E-state index in [2.05, 4.69) is 10.3 Å². The predicted octanol–water partition coefficient (Wildman–Crippen LogP) is 2.55. The fourth-order valence-electron chi connectivity index (χ4n) is 1.67. The largest absolute Gasteiger partial charge is 0.388 e. The van der Waals surface area contributed by atoms with E-state index in [0.29, 0.717) is 10.4 Å². The lowest BCUT2D eigenvalue weighted by Crippen LogP contribution is -2.15. The Balaban J connectivity index is 1.96. The lowest BCUT2D eigenvalue weighted by molar-refractivity contribution is -0.118. The van der Waals surface area contributed by atoms with Gasteiger partial charge in [-0.05, 0) is 17.7 Å². The van der Waals surface area contributed by atoms with Crippen molar-refractivity contribution < 1.29 is 19.1 Å². The van der Waals surface area contributed by atoms with E-state index in [1.807, 2.05) is 0 Å². The van der Waals surface area contributed by atoms with E-state index in [1.54, 1.807) is 0 Å². The van der Waals surface area contributed by atoms with Crippen LogP contribution in [0.1, 0.15) is 34.7 Å². The van der Waals surface area contributed by atoms with Crippen molar-refractivity contribution in [1.82, 2.24) is 4.98 Å². The molecule has 2 N–H and O–H groups in total. The highest BCUT2D eigenvalue weighted by Crippen LogP contribution is 2.21. The van der Waals surface area contributed by atoms with Crippen LogP contribution >= 0.6 is 11.3 Å². The Morgan fingerprint density at radius 3 is 2.86 bits per heavy atom. The number of ketones is 1. The molecule has 0 saturated carbocycles. The lowest BCUT2D eigenvalue weighted by Gasteiger charge is -2.10. The zero-order valence-corrected chi connectivity index (χ0v) is 12.0. The molecule has 21 heavy (non-hydrogen) atoms. The van der Waals surface area contributed by atoms with Gasteiger partial charge in [-0.3, -0.25) is 9.59 Å². The molecule has 0 aliphatic carbocycles. The van der Waals surface area contributed by atoms with Gasteiger partial charge >= 0.3 is 0 Å². The monoisotopic (exact) mass is 308 g/mol. The number of hydrogen-bond donors (Lipinski definition) is 2. The SMILES string of the molecule is CC(=O)c1cnc(NC(=O)CC(O)c2cccc(F)c2)s1. The lowest BCUT2D eigenvalue weighted by atomic mass is 10.1. The number of thiazole rings is 1. The van der Waals surface area contributed by atoms with E-state index < -0.39 is 17.8 Å². The number of aliphatic hydroxyl groups is 1. The van der Waals surface area contributed by atoms with Gasteiger partial charge in [0.25, 0.3) is 0 Å². The van der Waals surface area contributed by atoms with Crippen molar-refractivity contribution in [2.45, 2.75) is 19.4 Å². The Morgan fingerprint density at radius 2 is 2.24 bits per heavy atom. The average molecular weight is 308 g/mol. The number of amides is 1. The molecular weight excluding hydrogens is 295 g/mol. The summed E-state index contributed by atoms with van der Waals surface area (Å²) in [6.45, 7) is 1.41. The molecule has 0 spiro atoms. The third-order valence-corrected chi connectivity index (χ3v) is 3.72. The number of Topliss-reactive ketones (excluding diaryl/α,β-unsaturated/α-hetero) is 1. The molecule has 2 rings (SSSR count). The fraction of sp³-hybridized carbons (Fsp3) is 0.214. The first-order chi connectivity index (χ1) is 9.95. The van der Waals surface area contributed by atoms with Gasteiger partial charge in [0, 0.05) is 6.92 Å². The minimum Gasteiger partial charge on any atom is -0.388 e. The predicted molar refractivity (Wildman–Crippen MR) is 76.7 cm³/mol. The molecule has 1 unspecified atom stereocenters. The van der Waals surface area contributed by atoms with Crippen molar-refractivity contribution in [3.05, 3.63) is 46.7 Å². The molecular formula is C14H13FN2O3S. The third-order valence-electron chi connectivity index (χ3n) is 2.71. The first-order valence-electron chi connectivity index (χ1n) is 6.16. The molecule has 2 aromatic rings. The number of rotatable bonds is 5. The molecule has 1 aromatic carbocycles. The van der Waals surface area contributed by atoms with Gasteiger partial charge in [0.15, 0.2) is 10.9 Å². The summed E-state index contributed by atoms with van der Waals surface area (Å²) in [6, 6.07) is 5.44. The van der Waals surface area contributed by atoms with E-state index in [0.717, 1.165) is 11.3 Å². The van der Waals surface area contributed by atoms with E-state index in [4.69, 9.17) is 0 Å². The van der Waals surface area contributed by atoms with Gasteiger partial charge in [0.05, 0.1) is 23.6 Å². The van der Waals surface area contributed by atoms with Crippen molar-refractivity contribution in [3.63, 3.8) is 0 Å². The average Bonchev–Trinajstić information content (AvgIpc) is 2.87. The molecule has 0 radical (unpaired) electrons. The van der Waals surface area contributed by atoms with Crippen LogP contribution in [-0.4, -0.2) is 21.8 Å². The number of anilines is 1. The summed E-state index contributed by atoms with van der Waals surface area (Å²) < 4.78 is 13.0. The summed E-state index contributed by atoms with van der Waals surface area (Å²) in [5.74, 6) is -1.07. The second-order valence-electron chi connectivity index (χ2n) is 4.41. The van der Waals surface area contributed by atoms with Crippen molar-refractivity contribution in [2.75, 3.05) is 5.32 Å². The molecule has 1 atom stereocenters. The highest BCUT2D eigenvalue weighted by molar-refractivity contribution is 7.17. The van der Waals surface area contributed by atoms with Gasteiger partial charge in [-0.25, -0.2) is 9.37 Å². The first kappa shape index (κ1) is 15.3. The first-order valence-corrected chi connectivity index (χ1v) is 6.97. The van der Waals surface area contributed by atoms with Gasteiger partial charge in [-0.15, -0.1) is 0 Å². The molecule has 0 aliphatic rings. The third kappa shape index (κ3) is 4.17. The van der Waals surface area contributed by atoms with Crippen molar-refractivity contribution >= 4 is 28.2 Å². The summed E-state index contributed by atoms with van der Waals surface area (Å²) in [5.41, 5.74) is 0.328. The smallest absolute Gasteiger partial charge is 0.229 e. The number of carbonyl (C=O) groups excluding carboxylic acids is 2. The molecule has 5 nitrogen and oxygen atoms in total. The number of benzene rings is 1. The van der Waals surface area contributed by atoms with E-state index in [9.17, 15) is 19.1 Å². The Kier molecular flexibility index (Phi) is 4.77. The maximum atomic E-state index is 13.0. The Hall–Kier alpha value is -2.12. The van der Waals surface area contributed by atoms with Crippen LogP contribution in [0, 0.1) is 5.82 Å². The molecule has 0 aliphatic heterocycles. The number of carbonyl (C=O) groups is 2. The normalized spacial score (nSPS) is 12.0. The molecule has 7 heteroatoms. The summed E-state index contributed by atoms with van der Waals surface area (Å²) in [4.78, 5) is 27.2. The van der Waals surface area contributed by atoms with Crippen LogP contribution in [-0.2, 0) is 4.79 Å². The van der Waals surface area contributed by atoms with Crippen LogP contribution in [0.3, 0.4) is 0 Å². The van der Waals surface area contributed by atoms with Gasteiger partial charge in [-0.2, -0.15) is 0 Å². The minimum absolute atomic E-state index is 0.132. The Bertz CT molecular complexity index is 672. The van der Waals surface area contributed by atoms with Crippen LogP contribution in [0.5, 0.6) is 0 Å². The number of halogens is 1. The van der Waals surface area contributed by atoms with Gasteiger partial charge in [-0.1, -0.05) is 23.5 Å². The quantitative estimate of drug-likeness (QED) is 0.832. The molecule has 110 valence electrons. The fourth-order valence-corrected chi connectivity index (χ4v) is 2.40. The highest BCUT2D eigenvalue weighted by Gasteiger charge is 2.15. The van der Waals surface area contributed by atoms with Crippen molar-refractivity contribution in [3.8, 4) is 0 Å². The van der Waals surface area contributed by atoms with Crippen molar-refractivity contribution in [1.29, 1.82) is 0 Å².